The van der Waals surface area contributed by atoms with E-state index in [1.54, 1.807) is 4.90 Å². The number of aliphatic carboxylic acids is 1. The Balaban J connectivity index is 2.48. The van der Waals surface area contributed by atoms with Crippen molar-refractivity contribution >= 4 is 12.0 Å². The van der Waals surface area contributed by atoms with Crippen molar-refractivity contribution in [2.45, 2.75) is 38.3 Å². The quantitative estimate of drug-likeness (QED) is 0.635. The first-order chi connectivity index (χ1) is 9.06. The van der Waals surface area contributed by atoms with Crippen molar-refractivity contribution in [3.05, 3.63) is 0 Å². The summed E-state index contributed by atoms with van der Waals surface area (Å²) in [4.78, 5) is 24.3. The average molecular weight is 274 g/mol. The van der Waals surface area contributed by atoms with Crippen LogP contribution >= 0.6 is 0 Å². The lowest BCUT2D eigenvalue weighted by Crippen LogP contribution is -2.52. The van der Waals surface area contributed by atoms with E-state index in [9.17, 15) is 9.59 Å². The third kappa shape index (κ3) is 5.44. The van der Waals surface area contributed by atoms with Gasteiger partial charge in [-0.25, -0.2) is 4.79 Å². The Morgan fingerprint density at radius 2 is 2.26 bits per heavy atom. The van der Waals surface area contributed by atoms with Gasteiger partial charge in [0.05, 0.1) is 32.3 Å². The van der Waals surface area contributed by atoms with Gasteiger partial charge in [0.2, 0.25) is 0 Å². The van der Waals surface area contributed by atoms with Crippen LogP contribution < -0.4 is 5.32 Å². The number of carbonyl (C=O) groups is 2. The smallest absolute Gasteiger partial charge is 0.317 e. The summed E-state index contributed by atoms with van der Waals surface area (Å²) in [7, 11) is 0. The lowest BCUT2D eigenvalue weighted by molar-refractivity contribution is -0.137. The number of carboxylic acids is 1. The Bertz CT molecular complexity index is 310. The summed E-state index contributed by atoms with van der Waals surface area (Å²) in [6.07, 6.45) is 1.00. The van der Waals surface area contributed by atoms with Gasteiger partial charge in [-0.05, 0) is 6.42 Å². The lowest BCUT2D eigenvalue weighted by atomic mass is 10.1. The third-order valence-electron chi connectivity index (χ3n) is 3.02. The molecule has 0 aromatic rings. The first-order valence-electron chi connectivity index (χ1n) is 6.56. The molecule has 7 heteroatoms. The van der Waals surface area contributed by atoms with Gasteiger partial charge in [0.1, 0.15) is 0 Å². The molecule has 2 unspecified atom stereocenters. The van der Waals surface area contributed by atoms with E-state index in [1.165, 1.54) is 0 Å². The predicted molar refractivity (Wildman–Crippen MR) is 67.9 cm³/mol. The monoisotopic (exact) mass is 274 g/mol. The fraction of sp³-hybridized carbons (Fsp3) is 0.833. The molecule has 110 valence electrons. The van der Waals surface area contributed by atoms with Gasteiger partial charge in [-0.15, -0.1) is 0 Å². The maximum Gasteiger partial charge on any atom is 0.317 e. The highest BCUT2D eigenvalue weighted by Crippen LogP contribution is 2.07. The van der Waals surface area contributed by atoms with Crippen molar-refractivity contribution in [2.75, 3.05) is 26.3 Å². The van der Waals surface area contributed by atoms with Crippen molar-refractivity contribution in [2.24, 2.45) is 0 Å². The second kappa shape index (κ2) is 7.96. The largest absolute Gasteiger partial charge is 0.481 e. The van der Waals surface area contributed by atoms with Gasteiger partial charge in [0.25, 0.3) is 0 Å². The summed E-state index contributed by atoms with van der Waals surface area (Å²) in [6, 6.07) is -0.646. The predicted octanol–water partition coefficient (Wildman–Crippen LogP) is 0.0325. The summed E-state index contributed by atoms with van der Waals surface area (Å²) in [5.74, 6) is -0.922. The van der Waals surface area contributed by atoms with Gasteiger partial charge >= 0.3 is 12.0 Å². The van der Waals surface area contributed by atoms with Crippen LogP contribution in [0.15, 0.2) is 0 Å². The normalized spacial score (nSPS) is 20.9. The maximum atomic E-state index is 12.0. The number of rotatable bonds is 6. The lowest BCUT2D eigenvalue weighted by Gasteiger charge is -2.33. The number of carboxylic acid groups (broad SMARTS) is 1. The van der Waals surface area contributed by atoms with Gasteiger partial charge in [-0.1, -0.05) is 13.3 Å². The van der Waals surface area contributed by atoms with Crippen LogP contribution in [0, 0.1) is 0 Å². The number of nitrogens with zero attached hydrogens (tertiary/aromatic N) is 1. The Morgan fingerprint density at radius 1 is 1.53 bits per heavy atom. The minimum Gasteiger partial charge on any atom is -0.481 e. The number of hydrogen-bond acceptors (Lipinski definition) is 4. The van der Waals surface area contributed by atoms with E-state index in [-0.39, 0.29) is 31.2 Å². The number of ether oxygens (including phenoxy) is 1. The Hall–Kier alpha value is -1.34. The molecule has 3 N–H and O–H groups in total. The Kier molecular flexibility index (Phi) is 6.58. The number of hydrogen-bond donors (Lipinski definition) is 3. The molecule has 19 heavy (non-hydrogen) atoms. The molecule has 0 saturated carbocycles. The Labute approximate surface area is 112 Å². The molecule has 1 saturated heterocycles. The Morgan fingerprint density at radius 3 is 2.84 bits per heavy atom. The molecule has 2 atom stereocenters. The van der Waals surface area contributed by atoms with E-state index in [1.807, 2.05) is 6.92 Å². The number of aliphatic hydroxyl groups is 1. The van der Waals surface area contributed by atoms with Gasteiger partial charge in [0, 0.05) is 12.6 Å². The number of morpholine rings is 1. The van der Waals surface area contributed by atoms with E-state index in [4.69, 9.17) is 14.9 Å². The minimum absolute atomic E-state index is 0.0760. The first-order valence-corrected chi connectivity index (χ1v) is 6.56. The summed E-state index contributed by atoms with van der Waals surface area (Å²) in [5.41, 5.74) is 0. The zero-order valence-electron chi connectivity index (χ0n) is 11.2. The summed E-state index contributed by atoms with van der Waals surface area (Å²) < 4.78 is 5.26. The van der Waals surface area contributed by atoms with Crippen LogP contribution in [0.3, 0.4) is 0 Å². The molecule has 0 aromatic heterocycles. The molecule has 0 bridgehead atoms. The molecule has 7 nitrogen and oxygen atoms in total. The van der Waals surface area contributed by atoms with Crippen LogP contribution in [0.2, 0.25) is 0 Å². The highest BCUT2D eigenvalue weighted by atomic mass is 16.5. The van der Waals surface area contributed by atoms with Gasteiger partial charge in [-0.3, -0.25) is 4.79 Å². The minimum atomic E-state index is -0.922. The van der Waals surface area contributed by atoms with E-state index >= 15 is 0 Å². The van der Waals surface area contributed by atoms with E-state index in [2.05, 4.69) is 5.32 Å². The molecule has 1 rings (SSSR count). The van der Waals surface area contributed by atoms with Crippen LogP contribution in [-0.2, 0) is 9.53 Å². The molecule has 0 aromatic carbocycles. The highest BCUT2D eigenvalue weighted by molar-refractivity contribution is 5.76. The second-order valence-corrected chi connectivity index (χ2v) is 4.65. The fourth-order valence-corrected chi connectivity index (χ4v) is 2.06. The van der Waals surface area contributed by atoms with Crippen molar-refractivity contribution in [3.8, 4) is 0 Å². The standard InChI is InChI=1S/C12H22N2O5/c1-2-3-9(6-11(16)17)13-12(18)14-4-5-19-10(7-14)8-15/h9-10,15H,2-8H2,1H3,(H,13,18)(H,16,17). The van der Waals surface area contributed by atoms with Gasteiger partial charge in [-0.2, -0.15) is 0 Å². The number of urea groups is 1. The number of carbonyl (C=O) groups excluding carboxylic acids is 1. The van der Waals surface area contributed by atoms with Gasteiger partial charge in [0.15, 0.2) is 0 Å². The summed E-state index contributed by atoms with van der Waals surface area (Å²) in [6.45, 7) is 2.98. The molecule has 1 aliphatic heterocycles. The zero-order valence-corrected chi connectivity index (χ0v) is 11.2. The van der Waals surface area contributed by atoms with Crippen LogP contribution in [0.1, 0.15) is 26.2 Å². The van der Waals surface area contributed by atoms with Crippen molar-refractivity contribution in [1.82, 2.24) is 10.2 Å². The summed E-state index contributed by atoms with van der Waals surface area (Å²) >= 11 is 0. The molecule has 1 fully saturated rings. The third-order valence-corrected chi connectivity index (χ3v) is 3.02. The van der Waals surface area contributed by atoms with Crippen LogP contribution in [0.25, 0.3) is 0 Å². The van der Waals surface area contributed by atoms with Gasteiger partial charge < -0.3 is 25.2 Å². The molecular weight excluding hydrogens is 252 g/mol. The SMILES string of the molecule is CCCC(CC(=O)O)NC(=O)N1CCOC(CO)C1. The number of amides is 2. The molecule has 0 radical (unpaired) electrons. The number of nitrogens with one attached hydrogen (secondary N) is 1. The average Bonchev–Trinajstić information content (AvgIpc) is 2.38. The number of aliphatic hydroxyl groups excluding tert-OH is 1. The first kappa shape index (κ1) is 15.7. The molecule has 1 aliphatic rings. The maximum absolute atomic E-state index is 12.0. The van der Waals surface area contributed by atoms with Crippen molar-refractivity contribution in [3.63, 3.8) is 0 Å². The highest BCUT2D eigenvalue weighted by Gasteiger charge is 2.25. The van der Waals surface area contributed by atoms with Crippen LogP contribution in [0.5, 0.6) is 0 Å². The molecule has 0 aliphatic carbocycles. The molecule has 2 amide bonds. The molecule has 0 spiro atoms. The topological polar surface area (TPSA) is 99.1 Å². The summed E-state index contributed by atoms with van der Waals surface area (Å²) in [5, 5.41) is 20.5. The zero-order chi connectivity index (χ0) is 14.3. The van der Waals surface area contributed by atoms with Crippen LogP contribution in [-0.4, -0.2) is 65.6 Å². The second-order valence-electron chi connectivity index (χ2n) is 4.65. The van der Waals surface area contributed by atoms with Crippen LogP contribution in [0.4, 0.5) is 4.79 Å². The van der Waals surface area contributed by atoms with E-state index in [0.717, 1.165) is 6.42 Å². The fourth-order valence-electron chi connectivity index (χ4n) is 2.06. The molecular formula is C12H22N2O5. The van der Waals surface area contributed by atoms with Crippen molar-refractivity contribution < 1.29 is 24.5 Å². The van der Waals surface area contributed by atoms with E-state index in [0.29, 0.717) is 26.1 Å². The van der Waals surface area contributed by atoms with Crippen molar-refractivity contribution in [1.29, 1.82) is 0 Å². The molecule has 1 heterocycles. The van der Waals surface area contributed by atoms with E-state index < -0.39 is 5.97 Å².